The molecule has 0 spiro atoms. The summed E-state index contributed by atoms with van der Waals surface area (Å²) < 4.78 is 27.5. The van der Waals surface area contributed by atoms with Gasteiger partial charge in [-0.3, -0.25) is 0 Å². The molecule has 96 valence electrons. The maximum Gasteiger partial charge on any atom is 0.289 e. The van der Waals surface area contributed by atoms with E-state index in [1.54, 1.807) is 0 Å². The summed E-state index contributed by atoms with van der Waals surface area (Å²) in [7, 11) is 0. The first-order chi connectivity index (χ1) is 8.07. The van der Waals surface area contributed by atoms with Gasteiger partial charge in [-0.2, -0.15) is 0 Å². The number of aromatic nitrogens is 3. The van der Waals surface area contributed by atoms with Crippen LogP contribution in [0.5, 0.6) is 0 Å². The average Bonchev–Trinajstić information content (AvgIpc) is 2.59. The second-order valence-corrected chi connectivity index (χ2v) is 4.43. The van der Waals surface area contributed by atoms with E-state index in [1.807, 2.05) is 0 Å². The van der Waals surface area contributed by atoms with Crippen molar-refractivity contribution in [1.29, 1.82) is 0 Å². The van der Waals surface area contributed by atoms with Crippen LogP contribution in [-0.4, -0.2) is 32.6 Å². The number of rotatable bonds is 5. The van der Waals surface area contributed by atoms with Crippen LogP contribution in [0, 0.1) is 0 Å². The van der Waals surface area contributed by atoms with Crippen molar-refractivity contribution in [3.8, 4) is 0 Å². The third-order valence-corrected chi connectivity index (χ3v) is 3.14. The Balaban J connectivity index is 2.24. The smallest absolute Gasteiger partial charge is 0.289 e. The fraction of sp³-hybridized carbons (Fsp3) is 0.800. The predicted octanol–water partition coefficient (Wildman–Crippen LogP) is 0.632. The largest absolute Gasteiger partial charge is 0.390 e. The van der Waals surface area contributed by atoms with Crippen LogP contribution in [0.3, 0.4) is 0 Å². The molecule has 0 saturated heterocycles. The first-order valence-electron chi connectivity index (χ1n) is 5.68. The number of alkyl halides is 2. The molecule has 0 radical (unpaired) electrons. The van der Waals surface area contributed by atoms with Crippen LogP contribution in [0.25, 0.3) is 0 Å². The van der Waals surface area contributed by atoms with E-state index < -0.39 is 19.1 Å². The van der Waals surface area contributed by atoms with Gasteiger partial charge in [0.05, 0.1) is 11.4 Å². The summed E-state index contributed by atoms with van der Waals surface area (Å²) >= 11 is 0. The molecule has 5 nitrogen and oxygen atoms in total. The zero-order valence-corrected chi connectivity index (χ0v) is 9.44. The normalized spacial score (nSPS) is 17.2. The number of halogens is 2. The molecule has 1 fully saturated rings. The van der Waals surface area contributed by atoms with Crippen molar-refractivity contribution in [2.24, 2.45) is 5.73 Å². The van der Waals surface area contributed by atoms with Crippen molar-refractivity contribution in [3.05, 3.63) is 11.4 Å². The highest BCUT2D eigenvalue weighted by atomic mass is 19.3. The summed E-state index contributed by atoms with van der Waals surface area (Å²) in [4.78, 5) is 0. The van der Waals surface area contributed by atoms with Gasteiger partial charge in [-0.15, -0.1) is 5.10 Å². The summed E-state index contributed by atoms with van der Waals surface area (Å²) in [6, 6.07) is 0. The molecule has 1 aromatic heterocycles. The zero-order valence-electron chi connectivity index (χ0n) is 9.44. The molecule has 2 rings (SSSR count). The molecule has 0 aliphatic heterocycles. The minimum absolute atomic E-state index is 0.205. The summed E-state index contributed by atoms with van der Waals surface area (Å²) in [5, 5.41) is 16.1. The van der Waals surface area contributed by atoms with Crippen molar-refractivity contribution in [2.45, 2.75) is 44.2 Å². The fourth-order valence-corrected chi connectivity index (χ4v) is 2.02. The van der Waals surface area contributed by atoms with Crippen molar-refractivity contribution >= 4 is 0 Å². The maximum absolute atomic E-state index is 13.1. The Kier molecular flexibility index (Phi) is 3.39. The number of aliphatic hydroxyl groups excluding tert-OH is 1. The Hall–Kier alpha value is -1.08. The van der Waals surface area contributed by atoms with Crippen LogP contribution >= 0.6 is 0 Å². The van der Waals surface area contributed by atoms with E-state index in [1.165, 1.54) is 4.68 Å². The van der Waals surface area contributed by atoms with Gasteiger partial charge >= 0.3 is 0 Å². The average molecular weight is 246 g/mol. The van der Waals surface area contributed by atoms with E-state index in [9.17, 15) is 8.78 Å². The molecule has 3 N–H and O–H groups in total. The lowest BCUT2D eigenvalue weighted by Gasteiger charge is -2.27. The SMILES string of the molecule is NCc1nnn(CC(F)(F)CO)c1C1CCC1. The van der Waals surface area contributed by atoms with Crippen LogP contribution in [0.4, 0.5) is 8.78 Å². The van der Waals surface area contributed by atoms with Gasteiger partial charge in [0.25, 0.3) is 5.92 Å². The lowest BCUT2D eigenvalue weighted by molar-refractivity contribution is -0.0663. The molecule has 1 aromatic rings. The van der Waals surface area contributed by atoms with Crippen molar-refractivity contribution in [3.63, 3.8) is 0 Å². The van der Waals surface area contributed by atoms with E-state index in [4.69, 9.17) is 10.8 Å². The van der Waals surface area contributed by atoms with Crippen LogP contribution < -0.4 is 5.73 Å². The molecular weight excluding hydrogens is 230 g/mol. The van der Waals surface area contributed by atoms with Gasteiger partial charge in [0.2, 0.25) is 0 Å². The Morgan fingerprint density at radius 2 is 2.18 bits per heavy atom. The molecule has 0 aromatic carbocycles. The van der Waals surface area contributed by atoms with Crippen molar-refractivity contribution in [2.75, 3.05) is 6.61 Å². The second kappa shape index (κ2) is 4.66. The van der Waals surface area contributed by atoms with Crippen LogP contribution in [0.1, 0.15) is 36.6 Å². The van der Waals surface area contributed by atoms with Gasteiger partial charge in [0.15, 0.2) is 0 Å². The van der Waals surface area contributed by atoms with E-state index in [0.29, 0.717) is 11.4 Å². The quantitative estimate of drug-likeness (QED) is 0.799. The number of hydrogen-bond donors (Lipinski definition) is 2. The minimum Gasteiger partial charge on any atom is -0.390 e. The molecule has 0 atom stereocenters. The Morgan fingerprint density at radius 1 is 1.47 bits per heavy atom. The Bertz CT molecular complexity index is 390. The van der Waals surface area contributed by atoms with Crippen LogP contribution in [-0.2, 0) is 13.1 Å². The minimum atomic E-state index is -3.17. The molecule has 7 heteroatoms. The molecule has 0 bridgehead atoms. The van der Waals surface area contributed by atoms with E-state index in [0.717, 1.165) is 19.3 Å². The molecular formula is C10H16F2N4O. The lowest BCUT2D eigenvalue weighted by atomic mass is 9.82. The van der Waals surface area contributed by atoms with Gasteiger partial charge in [0, 0.05) is 12.5 Å². The van der Waals surface area contributed by atoms with E-state index in [-0.39, 0.29) is 12.5 Å². The second-order valence-electron chi connectivity index (χ2n) is 4.43. The van der Waals surface area contributed by atoms with Crippen LogP contribution in [0.2, 0.25) is 0 Å². The highest BCUT2D eigenvalue weighted by molar-refractivity contribution is 5.18. The van der Waals surface area contributed by atoms with Gasteiger partial charge in [-0.1, -0.05) is 11.6 Å². The highest BCUT2D eigenvalue weighted by Crippen LogP contribution is 2.37. The fourth-order valence-electron chi connectivity index (χ4n) is 2.02. The van der Waals surface area contributed by atoms with Gasteiger partial charge in [0.1, 0.15) is 13.2 Å². The number of nitrogens with zero attached hydrogens (tertiary/aromatic N) is 3. The highest BCUT2D eigenvalue weighted by Gasteiger charge is 2.33. The first kappa shape index (κ1) is 12.4. The Labute approximate surface area is 97.6 Å². The lowest BCUT2D eigenvalue weighted by Crippen LogP contribution is -2.30. The van der Waals surface area contributed by atoms with Gasteiger partial charge < -0.3 is 10.8 Å². The summed E-state index contributed by atoms with van der Waals surface area (Å²) in [6.07, 6.45) is 3.02. The third-order valence-electron chi connectivity index (χ3n) is 3.14. The number of hydrogen-bond acceptors (Lipinski definition) is 4. The standard InChI is InChI=1S/C10H16F2N4O/c11-10(12,6-17)5-16-9(7-2-1-3-7)8(4-13)14-15-16/h7,17H,1-6,13H2. The molecule has 1 aliphatic carbocycles. The maximum atomic E-state index is 13.1. The van der Waals surface area contributed by atoms with Gasteiger partial charge in [-0.05, 0) is 12.8 Å². The molecule has 0 amide bonds. The third kappa shape index (κ3) is 2.44. The Morgan fingerprint density at radius 3 is 2.65 bits per heavy atom. The number of nitrogens with two attached hydrogens (primary N) is 1. The summed E-state index contributed by atoms with van der Waals surface area (Å²) in [5.74, 6) is -2.93. The monoisotopic (exact) mass is 246 g/mol. The summed E-state index contributed by atoms with van der Waals surface area (Å²) in [5.41, 5.74) is 6.83. The molecule has 0 unspecified atom stereocenters. The first-order valence-corrected chi connectivity index (χ1v) is 5.68. The topological polar surface area (TPSA) is 77.0 Å². The van der Waals surface area contributed by atoms with Crippen LogP contribution in [0.15, 0.2) is 0 Å². The van der Waals surface area contributed by atoms with Gasteiger partial charge in [-0.25, -0.2) is 13.5 Å². The van der Waals surface area contributed by atoms with Crippen molar-refractivity contribution < 1.29 is 13.9 Å². The predicted molar refractivity (Wildman–Crippen MR) is 56.5 cm³/mol. The zero-order chi connectivity index (χ0) is 12.5. The van der Waals surface area contributed by atoms with E-state index >= 15 is 0 Å². The van der Waals surface area contributed by atoms with E-state index in [2.05, 4.69) is 10.3 Å². The van der Waals surface area contributed by atoms with Crippen molar-refractivity contribution in [1.82, 2.24) is 15.0 Å². The molecule has 1 saturated carbocycles. The summed E-state index contributed by atoms with van der Waals surface area (Å²) in [6.45, 7) is -1.62. The molecule has 17 heavy (non-hydrogen) atoms. The number of aliphatic hydroxyl groups is 1. The molecule has 1 aliphatic rings. The molecule has 1 heterocycles.